The minimum absolute atomic E-state index is 0.0777. The van der Waals surface area contributed by atoms with Crippen molar-refractivity contribution in [1.82, 2.24) is 4.98 Å². The molecule has 0 bridgehead atoms. The smallest absolute Gasteiger partial charge is 0.305 e. The number of methoxy groups -OCH3 is 1. The van der Waals surface area contributed by atoms with Gasteiger partial charge in [-0.2, -0.15) is 0 Å². The normalized spacial score (nSPS) is 30.4. The summed E-state index contributed by atoms with van der Waals surface area (Å²) in [7, 11) is 1.41. The minimum Gasteiger partial charge on any atom is -0.493 e. The average Bonchev–Trinajstić information content (AvgIpc) is 2.79. The van der Waals surface area contributed by atoms with Gasteiger partial charge in [-0.1, -0.05) is 24.6 Å². The molecular formula is C25H33NO5. The van der Waals surface area contributed by atoms with Gasteiger partial charge in [-0.15, -0.1) is 0 Å². The lowest BCUT2D eigenvalue weighted by atomic mass is 9.56. The third kappa shape index (κ3) is 4.70. The van der Waals surface area contributed by atoms with Crippen molar-refractivity contribution in [1.29, 1.82) is 0 Å². The van der Waals surface area contributed by atoms with Crippen molar-refractivity contribution in [2.75, 3.05) is 20.3 Å². The van der Waals surface area contributed by atoms with Crippen LogP contribution < -0.4 is 4.74 Å². The lowest BCUT2D eigenvalue weighted by Crippen LogP contribution is -2.45. The van der Waals surface area contributed by atoms with Crippen LogP contribution in [0.25, 0.3) is 0 Å². The highest BCUT2D eigenvalue weighted by Gasteiger charge is 2.48. The topological polar surface area (TPSA) is 66.9 Å². The van der Waals surface area contributed by atoms with Gasteiger partial charge in [-0.25, -0.2) is 0 Å². The van der Waals surface area contributed by atoms with E-state index in [-0.39, 0.29) is 23.8 Å². The molecule has 3 aliphatic rings. The van der Waals surface area contributed by atoms with E-state index < -0.39 is 0 Å². The van der Waals surface area contributed by atoms with Gasteiger partial charge in [0.2, 0.25) is 0 Å². The van der Waals surface area contributed by atoms with E-state index in [0.717, 1.165) is 37.9 Å². The molecule has 0 unspecified atom stereocenters. The van der Waals surface area contributed by atoms with Crippen LogP contribution in [-0.2, 0) is 19.0 Å². The van der Waals surface area contributed by atoms with Crippen LogP contribution >= 0.6 is 0 Å². The van der Waals surface area contributed by atoms with Gasteiger partial charge >= 0.3 is 5.97 Å². The zero-order chi connectivity index (χ0) is 21.8. The van der Waals surface area contributed by atoms with Gasteiger partial charge in [-0.3, -0.25) is 9.78 Å². The molecule has 2 heterocycles. The fourth-order valence-corrected chi connectivity index (χ4v) is 5.53. The molecule has 0 N–H and O–H groups in total. The molecule has 4 atom stereocenters. The molecule has 1 saturated carbocycles. The van der Waals surface area contributed by atoms with Crippen LogP contribution in [0.3, 0.4) is 0 Å². The zero-order valence-electron chi connectivity index (χ0n) is 18.6. The number of rotatable bonds is 7. The number of hydrogen-bond acceptors (Lipinski definition) is 6. The number of allylic oxidation sites excluding steroid dienone is 2. The first-order chi connectivity index (χ1) is 15.0. The van der Waals surface area contributed by atoms with Crippen molar-refractivity contribution < 1.29 is 23.7 Å². The Morgan fingerprint density at radius 1 is 1.29 bits per heavy atom. The fourth-order valence-electron chi connectivity index (χ4n) is 5.53. The average molecular weight is 428 g/mol. The van der Waals surface area contributed by atoms with E-state index in [4.69, 9.17) is 18.9 Å². The van der Waals surface area contributed by atoms with Crippen LogP contribution in [0.15, 0.2) is 47.8 Å². The van der Waals surface area contributed by atoms with E-state index in [9.17, 15) is 4.79 Å². The highest BCUT2D eigenvalue weighted by Crippen LogP contribution is 2.56. The fraction of sp³-hybridized carbons (Fsp3) is 0.600. The quantitative estimate of drug-likeness (QED) is 0.468. The van der Waals surface area contributed by atoms with E-state index in [1.54, 1.807) is 12.4 Å². The molecule has 168 valence electrons. The summed E-state index contributed by atoms with van der Waals surface area (Å²) < 4.78 is 22.9. The second-order valence-electron chi connectivity index (χ2n) is 8.97. The summed E-state index contributed by atoms with van der Waals surface area (Å²) >= 11 is 0. The molecule has 4 rings (SSSR count). The number of aromatic nitrogens is 1. The molecule has 1 aliphatic heterocycles. The third-order valence-corrected chi connectivity index (χ3v) is 7.23. The Balaban J connectivity index is 1.43. The van der Waals surface area contributed by atoms with Crippen LogP contribution in [0.2, 0.25) is 0 Å². The van der Waals surface area contributed by atoms with Gasteiger partial charge in [-0.05, 0) is 61.1 Å². The Hall–Kier alpha value is -2.18. The molecule has 6 heteroatoms. The van der Waals surface area contributed by atoms with E-state index in [1.807, 2.05) is 12.1 Å². The number of carbonyl (C=O) groups excluding carboxylic acids is 1. The highest BCUT2D eigenvalue weighted by atomic mass is 16.7. The molecule has 0 radical (unpaired) electrons. The Labute approximate surface area is 184 Å². The largest absolute Gasteiger partial charge is 0.493 e. The van der Waals surface area contributed by atoms with E-state index in [0.29, 0.717) is 32.0 Å². The predicted molar refractivity (Wildman–Crippen MR) is 116 cm³/mol. The van der Waals surface area contributed by atoms with Crippen molar-refractivity contribution in [3.05, 3.63) is 47.8 Å². The predicted octanol–water partition coefficient (Wildman–Crippen LogP) is 4.61. The number of esters is 1. The molecule has 0 amide bonds. The molecule has 1 aromatic rings. The second kappa shape index (κ2) is 9.53. The second-order valence-corrected chi connectivity index (χ2v) is 8.97. The Morgan fingerprint density at radius 3 is 2.87 bits per heavy atom. The van der Waals surface area contributed by atoms with E-state index in [1.165, 1.54) is 23.8 Å². The van der Waals surface area contributed by atoms with Crippen molar-refractivity contribution in [3.63, 3.8) is 0 Å². The lowest BCUT2D eigenvalue weighted by Gasteiger charge is -2.51. The van der Waals surface area contributed by atoms with E-state index in [2.05, 4.69) is 18.5 Å². The van der Waals surface area contributed by atoms with Gasteiger partial charge in [0.15, 0.2) is 6.29 Å². The molecule has 31 heavy (non-hydrogen) atoms. The number of ether oxygens (including phenoxy) is 4. The summed E-state index contributed by atoms with van der Waals surface area (Å²) in [6.07, 6.45) is 9.15. The summed E-state index contributed by atoms with van der Waals surface area (Å²) in [5, 5.41) is 0. The van der Waals surface area contributed by atoms with Crippen molar-refractivity contribution in [2.45, 2.75) is 64.3 Å². The first-order valence-corrected chi connectivity index (χ1v) is 11.3. The van der Waals surface area contributed by atoms with Crippen LogP contribution in [0.4, 0.5) is 0 Å². The number of fused-ring (bicyclic) bond motifs is 2. The Kier molecular flexibility index (Phi) is 6.77. The summed E-state index contributed by atoms with van der Waals surface area (Å²) in [6, 6.07) is 3.78. The van der Waals surface area contributed by atoms with Crippen molar-refractivity contribution >= 4 is 5.97 Å². The summed E-state index contributed by atoms with van der Waals surface area (Å²) in [5.41, 5.74) is 4.22. The van der Waals surface area contributed by atoms with Crippen molar-refractivity contribution in [3.8, 4) is 5.75 Å². The summed E-state index contributed by atoms with van der Waals surface area (Å²) in [4.78, 5) is 15.5. The highest BCUT2D eigenvalue weighted by molar-refractivity contribution is 5.69. The molecule has 1 aromatic heterocycles. The molecule has 6 nitrogen and oxygen atoms in total. The lowest BCUT2D eigenvalue weighted by molar-refractivity contribution is -0.198. The van der Waals surface area contributed by atoms with Crippen LogP contribution in [0.5, 0.6) is 5.75 Å². The summed E-state index contributed by atoms with van der Waals surface area (Å²) in [6.45, 7) is 8.07. The van der Waals surface area contributed by atoms with Gasteiger partial charge < -0.3 is 18.9 Å². The number of pyridine rings is 1. The molecule has 2 aliphatic carbocycles. The van der Waals surface area contributed by atoms with Gasteiger partial charge in [0.1, 0.15) is 5.75 Å². The maximum Gasteiger partial charge on any atom is 0.305 e. The van der Waals surface area contributed by atoms with Gasteiger partial charge in [0.05, 0.1) is 32.8 Å². The van der Waals surface area contributed by atoms with Crippen LogP contribution in [0.1, 0.15) is 51.9 Å². The SMILES string of the molecule is C=C1CCC2=C3CO[C@@H](CCC(=O)OC)O[C@@H]3CC[C@@]2(C)[C@@H]1CCOc1ccncc1. The number of nitrogens with zero attached hydrogens (tertiary/aromatic N) is 1. The molecular weight excluding hydrogens is 394 g/mol. The molecule has 0 aromatic carbocycles. The van der Waals surface area contributed by atoms with Crippen LogP contribution in [0, 0.1) is 11.3 Å². The first kappa shape index (κ1) is 22.0. The molecule has 1 saturated heterocycles. The third-order valence-electron chi connectivity index (χ3n) is 7.23. The Bertz CT molecular complexity index is 836. The van der Waals surface area contributed by atoms with Crippen LogP contribution in [-0.4, -0.2) is 43.7 Å². The minimum atomic E-state index is -0.332. The zero-order valence-corrected chi connectivity index (χ0v) is 18.6. The number of carbonyl (C=O) groups is 1. The monoisotopic (exact) mass is 427 g/mol. The first-order valence-electron chi connectivity index (χ1n) is 11.3. The van der Waals surface area contributed by atoms with Gasteiger partial charge in [0, 0.05) is 18.8 Å². The maximum atomic E-state index is 11.4. The molecule has 0 spiro atoms. The number of hydrogen-bond donors (Lipinski definition) is 0. The standard InChI is InChI=1S/C25H33NO5/c1-17-4-5-21-19-16-30-24(7-6-23(27)28-3)31-22(19)8-12-25(21,2)20(17)11-15-29-18-9-13-26-14-10-18/h9-10,13-14,20,22,24H,1,4-8,11-12,15-16H2,2-3H3/t20-,22-,24-,25+/m1/s1. The molecule has 2 fully saturated rings. The summed E-state index contributed by atoms with van der Waals surface area (Å²) in [5.74, 6) is 1.02. The van der Waals surface area contributed by atoms with Gasteiger partial charge in [0.25, 0.3) is 0 Å². The van der Waals surface area contributed by atoms with Crippen molar-refractivity contribution in [2.24, 2.45) is 11.3 Å². The Morgan fingerprint density at radius 2 is 2.10 bits per heavy atom. The maximum absolute atomic E-state index is 11.4. The van der Waals surface area contributed by atoms with E-state index >= 15 is 0 Å².